The van der Waals surface area contributed by atoms with Crippen molar-refractivity contribution in [3.63, 3.8) is 0 Å². The molecule has 0 radical (unpaired) electrons. The zero-order valence-corrected chi connectivity index (χ0v) is 14.2. The topological polar surface area (TPSA) is 52.7 Å². The minimum Gasteiger partial charge on any atom is -0.338 e. The predicted octanol–water partition coefficient (Wildman–Crippen LogP) is 1.53. The van der Waals surface area contributed by atoms with Crippen molar-refractivity contribution in [1.82, 2.24) is 15.1 Å². The smallest absolute Gasteiger partial charge is 0.262 e. The Hall–Kier alpha value is -1.80. The number of hydrogen-bond acceptors (Lipinski definition) is 3. The van der Waals surface area contributed by atoms with Crippen LogP contribution in [-0.4, -0.2) is 66.3 Å². The van der Waals surface area contributed by atoms with Gasteiger partial charge in [0.2, 0.25) is 5.91 Å². The van der Waals surface area contributed by atoms with E-state index in [2.05, 4.69) is 5.32 Å². The molecule has 0 saturated carbocycles. The maximum Gasteiger partial charge on any atom is 0.262 e. The lowest BCUT2D eigenvalue weighted by Gasteiger charge is -2.36. The molecule has 0 bridgehead atoms. The van der Waals surface area contributed by atoms with E-state index in [0.717, 1.165) is 0 Å². The van der Waals surface area contributed by atoms with E-state index in [1.165, 1.54) is 34.1 Å². The summed E-state index contributed by atoms with van der Waals surface area (Å²) < 4.78 is 39.6. The zero-order valence-electron chi connectivity index (χ0n) is 13.4. The minimum atomic E-state index is -2.85. The van der Waals surface area contributed by atoms with Gasteiger partial charge in [0.15, 0.2) is 0 Å². The number of halogens is 4. The zero-order chi connectivity index (χ0) is 17.3. The van der Waals surface area contributed by atoms with Crippen molar-refractivity contribution in [3.05, 3.63) is 35.6 Å². The van der Waals surface area contributed by atoms with E-state index in [0.29, 0.717) is 13.1 Å². The number of carbonyl (C=O) groups excluding carboxylic acids is 2. The third-order valence-corrected chi connectivity index (χ3v) is 4.36. The number of piperazine rings is 1. The van der Waals surface area contributed by atoms with Crippen molar-refractivity contribution in [2.24, 2.45) is 0 Å². The van der Waals surface area contributed by atoms with Gasteiger partial charge >= 0.3 is 0 Å². The fraction of sp³-hybridized carbons (Fsp3) is 0.500. The van der Waals surface area contributed by atoms with Crippen LogP contribution >= 0.6 is 12.4 Å². The van der Waals surface area contributed by atoms with Crippen LogP contribution in [0.25, 0.3) is 0 Å². The third kappa shape index (κ3) is 4.43. The lowest BCUT2D eigenvalue weighted by molar-refractivity contribution is -0.135. The maximum absolute atomic E-state index is 13.2. The molecule has 9 heteroatoms. The predicted molar refractivity (Wildman–Crippen MR) is 87.5 cm³/mol. The average molecular weight is 378 g/mol. The Balaban J connectivity index is 0.00000225. The summed E-state index contributed by atoms with van der Waals surface area (Å²) >= 11 is 0. The first-order valence-corrected chi connectivity index (χ1v) is 7.80. The van der Waals surface area contributed by atoms with Gasteiger partial charge < -0.3 is 9.80 Å². The molecule has 2 amide bonds. The van der Waals surface area contributed by atoms with Crippen molar-refractivity contribution in [3.8, 4) is 0 Å². The number of carbonyl (C=O) groups is 2. The SMILES string of the molecule is Cl.O=C(c1cccc(F)c1)N1CCN(C(=O)C2CC(F)(F)CN2)CC1. The van der Waals surface area contributed by atoms with Gasteiger partial charge in [0.25, 0.3) is 11.8 Å². The van der Waals surface area contributed by atoms with Crippen LogP contribution in [0.2, 0.25) is 0 Å². The maximum atomic E-state index is 13.2. The van der Waals surface area contributed by atoms with Crippen LogP contribution in [0.1, 0.15) is 16.8 Å². The second kappa shape index (κ2) is 7.61. The highest BCUT2D eigenvalue weighted by molar-refractivity contribution is 5.94. The Morgan fingerprint density at radius 3 is 2.32 bits per heavy atom. The summed E-state index contributed by atoms with van der Waals surface area (Å²) in [6, 6.07) is 4.56. The Morgan fingerprint density at radius 1 is 1.12 bits per heavy atom. The van der Waals surface area contributed by atoms with Crippen molar-refractivity contribution in [2.75, 3.05) is 32.7 Å². The summed E-state index contributed by atoms with van der Waals surface area (Å²) in [7, 11) is 0. The molecule has 2 heterocycles. The molecule has 2 saturated heterocycles. The molecule has 0 aliphatic carbocycles. The van der Waals surface area contributed by atoms with Gasteiger partial charge in [-0.05, 0) is 18.2 Å². The summed E-state index contributed by atoms with van der Waals surface area (Å²) in [4.78, 5) is 27.6. The second-order valence-electron chi connectivity index (χ2n) is 6.12. The van der Waals surface area contributed by atoms with E-state index in [1.54, 1.807) is 0 Å². The number of nitrogens with one attached hydrogen (secondary N) is 1. The first-order valence-electron chi connectivity index (χ1n) is 7.80. The van der Waals surface area contributed by atoms with Crippen molar-refractivity contribution < 1.29 is 22.8 Å². The monoisotopic (exact) mass is 377 g/mol. The van der Waals surface area contributed by atoms with Crippen LogP contribution in [0.5, 0.6) is 0 Å². The molecule has 1 atom stereocenters. The quantitative estimate of drug-likeness (QED) is 0.850. The average Bonchev–Trinajstić information content (AvgIpc) is 2.93. The molecule has 5 nitrogen and oxygen atoms in total. The first-order chi connectivity index (χ1) is 11.4. The van der Waals surface area contributed by atoms with Crippen LogP contribution in [0, 0.1) is 5.82 Å². The molecule has 3 rings (SSSR count). The van der Waals surface area contributed by atoms with Crippen LogP contribution in [0.15, 0.2) is 24.3 Å². The Morgan fingerprint density at radius 2 is 1.76 bits per heavy atom. The molecule has 1 unspecified atom stereocenters. The van der Waals surface area contributed by atoms with E-state index in [9.17, 15) is 22.8 Å². The molecule has 0 aromatic heterocycles. The van der Waals surface area contributed by atoms with Crippen molar-refractivity contribution in [1.29, 1.82) is 0 Å². The number of hydrogen-bond donors (Lipinski definition) is 1. The van der Waals surface area contributed by atoms with E-state index in [-0.39, 0.29) is 42.9 Å². The fourth-order valence-corrected chi connectivity index (χ4v) is 3.04. The van der Waals surface area contributed by atoms with E-state index in [1.807, 2.05) is 0 Å². The normalized spacial score (nSPS) is 22.4. The molecular formula is C16H19ClF3N3O2. The minimum absolute atomic E-state index is 0. The van der Waals surface area contributed by atoms with E-state index in [4.69, 9.17) is 0 Å². The Kier molecular flexibility index (Phi) is 5.95. The van der Waals surface area contributed by atoms with Gasteiger partial charge in [-0.15, -0.1) is 12.4 Å². The van der Waals surface area contributed by atoms with Crippen LogP contribution in [-0.2, 0) is 4.79 Å². The van der Waals surface area contributed by atoms with E-state index >= 15 is 0 Å². The van der Waals surface area contributed by atoms with Crippen molar-refractivity contribution in [2.45, 2.75) is 18.4 Å². The summed E-state index contributed by atoms with van der Waals surface area (Å²) in [5.41, 5.74) is 0.256. The van der Waals surface area contributed by atoms with Gasteiger partial charge in [0.05, 0.1) is 12.6 Å². The molecule has 2 aliphatic heterocycles. The molecule has 1 aromatic carbocycles. The number of rotatable bonds is 2. The van der Waals surface area contributed by atoms with Gasteiger partial charge in [-0.25, -0.2) is 13.2 Å². The molecule has 2 aliphatic rings. The van der Waals surface area contributed by atoms with Crippen LogP contribution in [0.3, 0.4) is 0 Å². The van der Waals surface area contributed by atoms with Crippen LogP contribution in [0.4, 0.5) is 13.2 Å². The molecule has 2 fully saturated rings. The van der Waals surface area contributed by atoms with Gasteiger partial charge in [0, 0.05) is 38.2 Å². The summed E-state index contributed by atoms with van der Waals surface area (Å²) in [5, 5.41) is 2.55. The molecule has 0 spiro atoms. The van der Waals surface area contributed by atoms with Crippen LogP contribution < -0.4 is 5.32 Å². The highest BCUT2D eigenvalue weighted by atomic mass is 35.5. The Bertz CT molecular complexity index is 651. The largest absolute Gasteiger partial charge is 0.338 e. The third-order valence-electron chi connectivity index (χ3n) is 4.36. The van der Waals surface area contributed by atoms with Gasteiger partial charge in [-0.1, -0.05) is 6.07 Å². The lowest BCUT2D eigenvalue weighted by atomic mass is 10.1. The molecule has 25 heavy (non-hydrogen) atoms. The first kappa shape index (κ1) is 19.5. The molecule has 138 valence electrons. The van der Waals surface area contributed by atoms with Gasteiger partial charge in [-0.2, -0.15) is 0 Å². The number of nitrogens with zero attached hydrogens (tertiary/aromatic N) is 2. The highest BCUT2D eigenvalue weighted by Gasteiger charge is 2.43. The van der Waals surface area contributed by atoms with Crippen molar-refractivity contribution >= 4 is 24.2 Å². The number of amides is 2. The summed E-state index contributed by atoms with van der Waals surface area (Å²) in [5.74, 6) is -3.99. The summed E-state index contributed by atoms with van der Waals surface area (Å²) in [6.45, 7) is 0.670. The molecular weight excluding hydrogens is 359 g/mol. The van der Waals surface area contributed by atoms with Gasteiger partial charge in [-0.3, -0.25) is 14.9 Å². The van der Waals surface area contributed by atoms with Gasteiger partial charge in [0.1, 0.15) is 5.82 Å². The standard InChI is InChI=1S/C16H18F3N3O2.ClH/c17-12-3-1-2-11(8-12)14(23)21-4-6-22(7-5-21)15(24)13-9-16(18,19)10-20-13;/h1-3,8,13,20H,4-7,9-10H2;1H. The fourth-order valence-electron chi connectivity index (χ4n) is 3.04. The number of benzene rings is 1. The highest BCUT2D eigenvalue weighted by Crippen LogP contribution is 2.26. The van der Waals surface area contributed by atoms with E-state index < -0.39 is 30.7 Å². The second-order valence-corrected chi connectivity index (χ2v) is 6.12. The molecule has 1 N–H and O–H groups in total. The lowest BCUT2D eigenvalue weighted by Crippen LogP contribution is -2.54. The Labute approximate surface area is 149 Å². The summed E-state index contributed by atoms with van der Waals surface area (Å²) in [6.07, 6.45) is -0.492. The molecule has 1 aromatic rings. The number of alkyl halides is 2.